The predicted molar refractivity (Wildman–Crippen MR) is 54.2 cm³/mol. The van der Waals surface area contributed by atoms with Crippen LogP contribution >= 0.6 is 0 Å². The fourth-order valence-electron chi connectivity index (χ4n) is 3.15. The molecular weight excluding hydrogens is 289 g/mol. The van der Waals surface area contributed by atoms with Crippen molar-refractivity contribution in [1.82, 2.24) is 0 Å². The van der Waals surface area contributed by atoms with Gasteiger partial charge >= 0.3 is 68.9 Å². The molecule has 2 saturated carbocycles. The molecule has 1 heteroatoms. The minimum Gasteiger partial charge on any atom is -0.188 e. The molecule has 2 aliphatic carbocycles. The van der Waals surface area contributed by atoms with Gasteiger partial charge in [-0.25, -0.2) is 0 Å². The molecule has 0 N–H and O–H groups in total. The first-order chi connectivity index (χ1) is 6.45. The average molecular weight is 304 g/mol. The molecule has 68 valence electrons. The van der Waals surface area contributed by atoms with Gasteiger partial charge < -0.3 is 0 Å². The zero-order valence-corrected chi connectivity index (χ0v) is 15.1. The van der Waals surface area contributed by atoms with E-state index in [0.717, 1.165) is 11.8 Å². The number of hydrogen-bond acceptors (Lipinski definition) is 0. The second kappa shape index (κ2) is 4.98. The topological polar surface area (TPSA) is 0 Å². The van der Waals surface area contributed by atoms with Crippen LogP contribution < -0.4 is 68.9 Å². The van der Waals surface area contributed by atoms with Crippen LogP contribution in [-0.4, -0.2) is 0 Å². The first kappa shape index (κ1) is 11.6. The summed E-state index contributed by atoms with van der Waals surface area (Å²) in [6, 6.07) is 11.0. The van der Waals surface area contributed by atoms with E-state index in [1.807, 2.05) is 0 Å². The first-order valence-electron chi connectivity index (χ1n) is 5.37. The summed E-state index contributed by atoms with van der Waals surface area (Å²) in [5, 5.41) is 0. The van der Waals surface area contributed by atoms with Crippen LogP contribution in [0.3, 0.4) is 0 Å². The van der Waals surface area contributed by atoms with Gasteiger partial charge in [0.05, 0.1) is 0 Å². The summed E-state index contributed by atoms with van der Waals surface area (Å²) in [6.45, 7) is 0. The molecule has 0 radical (unpaired) electrons. The summed E-state index contributed by atoms with van der Waals surface area (Å²) >= 11 is 0. The van der Waals surface area contributed by atoms with Crippen molar-refractivity contribution in [2.45, 2.75) is 25.7 Å². The van der Waals surface area contributed by atoms with Gasteiger partial charge in [0.15, 0.2) is 0 Å². The zero-order chi connectivity index (χ0) is 8.67. The van der Waals surface area contributed by atoms with Crippen molar-refractivity contribution in [2.24, 2.45) is 11.8 Å². The molecule has 3 rings (SSSR count). The van der Waals surface area contributed by atoms with Gasteiger partial charge in [-0.05, 0) is 0 Å². The van der Waals surface area contributed by atoms with E-state index in [4.69, 9.17) is 0 Å². The van der Waals surface area contributed by atoms with Gasteiger partial charge in [0.2, 0.25) is 0 Å². The Morgan fingerprint density at radius 1 is 0.857 bits per heavy atom. The minimum absolute atomic E-state index is 0. The standard InChI is InChI=1S/C13H15.Cs/c1-2-4-10(5-3-1)13-11-6-7-12(13)9-8-11;/h1-5,11-12H,6-9H2;/q-1;+1. The summed E-state index contributed by atoms with van der Waals surface area (Å²) < 4.78 is 0. The summed E-state index contributed by atoms with van der Waals surface area (Å²) in [6.07, 6.45) is 5.81. The number of benzene rings is 1. The maximum Gasteiger partial charge on any atom is 1.00 e. The van der Waals surface area contributed by atoms with Crippen molar-refractivity contribution < 1.29 is 68.9 Å². The van der Waals surface area contributed by atoms with Gasteiger partial charge in [0.25, 0.3) is 0 Å². The van der Waals surface area contributed by atoms with Gasteiger partial charge in [-0.2, -0.15) is 23.6 Å². The minimum atomic E-state index is 0. The van der Waals surface area contributed by atoms with E-state index in [1.165, 1.54) is 31.2 Å². The fourth-order valence-corrected chi connectivity index (χ4v) is 3.15. The van der Waals surface area contributed by atoms with E-state index in [2.05, 4.69) is 30.3 Å². The van der Waals surface area contributed by atoms with Crippen LogP contribution in [0.15, 0.2) is 30.3 Å². The van der Waals surface area contributed by atoms with Crippen LogP contribution in [0, 0.1) is 17.8 Å². The maximum absolute atomic E-state index is 2.28. The summed E-state index contributed by atoms with van der Waals surface area (Å²) in [5.74, 6) is 3.65. The summed E-state index contributed by atoms with van der Waals surface area (Å²) in [7, 11) is 0. The Kier molecular flexibility index (Phi) is 4.14. The monoisotopic (exact) mass is 304 g/mol. The molecule has 0 heterocycles. The van der Waals surface area contributed by atoms with Crippen molar-refractivity contribution in [3.05, 3.63) is 41.8 Å². The van der Waals surface area contributed by atoms with E-state index in [-0.39, 0.29) is 68.9 Å². The van der Waals surface area contributed by atoms with Gasteiger partial charge in [-0.3, -0.25) is 0 Å². The molecule has 2 aliphatic rings. The largest absolute Gasteiger partial charge is 1.00 e. The van der Waals surface area contributed by atoms with Crippen LogP contribution in [0.4, 0.5) is 0 Å². The first-order valence-corrected chi connectivity index (χ1v) is 5.37. The molecule has 2 bridgehead atoms. The fraction of sp³-hybridized carbons (Fsp3) is 0.462. The molecule has 0 unspecified atom stereocenters. The number of hydrogen-bond donors (Lipinski definition) is 0. The van der Waals surface area contributed by atoms with E-state index < -0.39 is 0 Å². The van der Waals surface area contributed by atoms with Crippen LogP contribution in [-0.2, 0) is 0 Å². The number of rotatable bonds is 1. The smallest absolute Gasteiger partial charge is 0.188 e. The van der Waals surface area contributed by atoms with E-state index in [9.17, 15) is 0 Å². The Balaban J connectivity index is 0.000000750. The van der Waals surface area contributed by atoms with E-state index in [0.29, 0.717) is 0 Å². The summed E-state index contributed by atoms with van der Waals surface area (Å²) in [4.78, 5) is 0. The predicted octanol–water partition coefficient (Wildman–Crippen LogP) is 0.433. The molecule has 0 aliphatic heterocycles. The Bertz CT molecular complexity index is 273. The van der Waals surface area contributed by atoms with E-state index >= 15 is 0 Å². The van der Waals surface area contributed by atoms with Gasteiger partial charge in [0.1, 0.15) is 0 Å². The van der Waals surface area contributed by atoms with E-state index in [1.54, 1.807) is 5.92 Å². The molecule has 1 aromatic rings. The Labute approximate surface area is 145 Å². The SMILES string of the molecule is [Cs+].c1ccc([C-]2C3CCC2CC3)cc1. The van der Waals surface area contributed by atoms with Crippen molar-refractivity contribution in [1.29, 1.82) is 0 Å². The normalized spacial score (nSPS) is 29.0. The summed E-state index contributed by atoms with van der Waals surface area (Å²) in [5.41, 5.74) is 1.52. The molecule has 2 fully saturated rings. The van der Waals surface area contributed by atoms with Crippen molar-refractivity contribution in [3.63, 3.8) is 0 Å². The third kappa shape index (κ3) is 2.00. The molecule has 0 saturated heterocycles. The van der Waals surface area contributed by atoms with Gasteiger partial charge in [0, 0.05) is 0 Å². The second-order valence-electron chi connectivity index (χ2n) is 4.37. The molecule has 0 aromatic heterocycles. The third-order valence-corrected chi connectivity index (χ3v) is 3.71. The van der Waals surface area contributed by atoms with Crippen molar-refractivity contribution in [3.8, 4) is 0 Å². The van der Waals surface area contributed by atoms with Crippen LogP contribution in [0.5, 0.6) is 0 Å². The molecular formula is C13H15Cs. The molecule has 1 aromatic carbocycles. The third-order valence-electron chi connectivity index (χ3n) is 3.71. The number of fused-ring (bicyclic) bond motifs is 2. The van der Waals surface area contributed by atoms with Crippen LogP contribution in [0.2, 0.25) is 0 Å². The Morgan fingerprint density at radius 2 is 1.36 bits per heavy atom. The Morgan fingerprint density at radius 3 is 1.86 bits per heavy atom. The molecule has 0 spiro atoms. The quantitative estimate of drug-likeness (QED) is 0.660. The second-order valence-corrected chi connectivity index (χ2v) is 4.37. The molecule has 0 amide bonds. The van der Waals surface area contributed by atoms with Gasteiger partial charge in [-0.15, -0.1) is 12.1 Å². The maximum atomic E-state index is 2.28. The van der Waals surface area contributed by atoms with Gasteiger partial charge in [-0.1, -0.05) is 43.6 Å². The van der Waals surface area contributed by atoms with Crippen molar-refractivity contribution >= 4 is 0 Å². The molecule has 0 atom stereocenters. The zero-order valence-electron chi connectivity index (χ0n) is 8.87. The molecule has 14 heavy (non-hydrogen) atoms. The van der Waals surface area contributed by atoms with Crippen LogP contribution in [0.25, 0.3) is 0 Å². The average Bonchev–Trinajstić information content (AvgIpc) is 2.78. The van der Waals surface area contributed by atoms with Crippen LogP contribution in [0.1, 0.15) is 31.2 Å². The molecule has 0 nitrogen and oxygen atoms in total. The van der Waals surface area contributed by atoms with Crippen molar-refractivity contribution in [2.75, 3.05) is 0 Å². The Hall–Kier alpha value is 1.14.